The normalized spacial score (nSPS) is 23.0. The molecule has 2 rings (SSSR count). The van der Waals surface area contributed by atoms with Crippen molar-refractivity contribution >= 4 is 8.32 Å². The molecule has 0 aliphatic heterocycles. The molecule has 0 N–H and O–H groups in total. The van der Waals surface area contributed by atoms with Gasteiger partial charge in [-0.05, 0) is 57.0 Å². The Morgan fingerprint density at radius 3 is 2.33 bits per heavy atom. The summed E-state index contributed by atoms with van der Waals surface area (Å²) in [7, 11) is -1.46. The van der Waals surface area contributed by atoms with Gasteiger partial charge in [0, 0.05) is 18.5 Å². The highest BCUT2D eigenvalue weighted by Gasteiger charge is 2.29. The quantitative estimate of drug-likeness (QED) is 0.678. The van der Waals surface area contributed by atoms with Crippen LogP contribution in [-0.2, 0) is 4.43 Å². The first-order valence-electron chi connectivity index (χ1n) is 8.33. The van der Waals surface area contributed by atoms with Gasteiger partial charge in [0.2, 0.25) is 0 Å². The number of aromatic nitrogens is 1. The molecule has 0 aromatic carbocycles. The lowest BCUT2D eigenvalue weighted by Crippen LogP contribution is -2.38. The topological polar surface area (TPSA) is 31.4 Å². The summed E-state index contributed by atoms with van der Waals surface area (Å²) in [6.07, 6.45) is 11.4. The molecule has 1 aromatic heterocycles. The average molecular weight is 308 g/mol. The number of hydrogen-bond donors (Lipinski definition) is 0. The highest BCUT2D eigenvalue weighted by atomic mass is 28.4. The van der Waals surface area contributed by atoms with Gasteiger partial charge < -0.3 is 9.16 Å². The Balaban J connectivity index is 1.73. The molecular formula is C17H29NO2Si. The van der Waals surface area contributed by atoms with Gasteiger partial charge in [0.15, 0.2) is 8.32 Å². The van der Waals surface area contributed by atoms with Gasteiger partial charge in [-0.2, -0.15) is 0 Å². The number of pyridine rings is 1. The van der Waals surface area contributed by atoms with E-state index in [1.165, 1.54) is 18.9 Å². The summed E-state index contributed by atoms with van der Waals surface area (Å²) < 4.78 is 12.5. The van der Waals surface area contributed by atoms with E-state index in [-0.39, 0.29) is 0 Å². The second-order valence-corrected chi connectivity index (χ2v) is 10.9. The van der Waals surface area contributed by atoms with Crippen molar-refractivity contribution in [3.63, 3.8) is 0 Å². The van der Waals surface area contributed by atoms with Gasteiger partial charge in [0.25, 0.3) is 0 Å². The van der Waals surface area contributed by atoms with Crippen LogP contribution < -0.4 is 4.74 Å². The van der Waals surface area contributed by atoms with Crippen LogP contribution >= 0.6 is 0 Å². The zero-order valence-electron chi connectivity index (χ0n) is 13.7. The molecular weight excluding hydrogens is 278 g/mol. The third kappa shape index (κ3) is 5.79. The maximum absolute atomic E-state index is 6.45. The van der Waals surface area contributed by atoms with Crippen molar-refractivity contribution in [3.8, 4) is 5.75 Å². The molecule has 0 atom stereocenters. The molecule has 0 saturated heterocycles. The summed E-state index contributed by atoms with van der Waals surface area (Å²) in [5.41, 5.74) is 0. The van der Waals surface area contributed by atoms with E-state index in [0.717, 1.165) is 31.4 Å². The van der Waals surface area contributed by atoms with Gasteiger partial charge in [-0.25, -0.2) is 0 Å². The Morgan fingerprint density at radius 1 is 1.10 bits per heavy atom. The van der Waals surface area contributed by atoms with Crippen molar-refractivity contribution in [2.75, 3.05) is 0 Å². The van der Waals surface area contributed by atoms with E-state index >= 15 is 0 Å². The van der Waals surface area contributed by atoms with Crippen LogP contribution in [0.3, 0.4) is 0 Å². The Hall–Kier alpha value is -0.873. The van der Waals surface area contributed by atoms with E-state index in [2.05, 4.69) is 25.0 Å². The zero-order chi connectivity index (χ0) is 15.1. The van der Waals surface area contributed by atoms with E-state index in [4.69, 9.17) is 9.16 Å². The Labute approximate surface area is 130 Å². The van der Waals surface area contributed by atoms with Crippen molar-refractivity contribution in [2.45, 2.75) is 76.8 Å². The van der Waals surface area contributed by atoms with Crippen molar-refractivity contribution in [2.24, 2.45) is 0 Å². The standard InChI is InChI=1S/C17H29NO2Si/c1-4-5-14-21(2,3)20-17-8-6-15(7-9-17)19-16-10-12-18-13-11-16/h10-13,15,17H,4-9,14H2,1-3H3. The second-order valence-electron chi connectivity index (χ2n) is 6.68. The molecule has 1 saturated carbocycles. The minimum Gasteiger partial charge on any atom is -0.490 e. The van der Waals surface area contributed by atoms with Gasteiger partial charge in [0.1, 0.15) is 5.75 Å². The molecule has 1 heterocycles. The first-order valence-corrected chi connectivity index (χ1v) is 11.4. The molecule has 21 heavy (non-hydrogen) atoms. The summed E-state index contributed by atoms with van der Waals surface area (Å²) in [5.74, 6) is 0.937. The second kappa shape index (κ2) is 7.94. The van der Waals surface area contributed by atoms with Crippen LogP contribution in [0.15, 0.2) is 24.5 Å². The van der Waals surface area contributed by atoms with Crippen LogP contribution in [-0.4, -0.2) is 25.5 Å². The summed E-state index contributed by atoms with van der Waals surface area (Å²) in [4.78, 5) is 4.02. The van der Waals surface area contributed by atoms with Crippen LogP contribution in [0.4, 0.5) is 0 Å². The predicted molar refractivity (Wildman–Crippen MR) is 89.2 cm³/mol. The highest BCUT2D eigenvalue weighted by molar-refractivity contribution is 6.71. The number of hydrogen-bond acceptors (Lipinski definition) is 3. The zero-order valence-corrected chi connectivity index (χ0v) is 14.7. The summed E-state index contributed by atoms with van der Waals surface area (Å²) in [5, 5.41) is 0. The lowest BCUT2D eigenvalue weighted by atomic mass is 9.95. The fraction of sp³-hybridized carbons (Fsp3) is 0.706. The van der Waals surface area contributed by atoms with E-state index in [1.54, 1.807) is 12.4 Å². The van der Waals surface area contributed by atoms with Gasteiger partial charge in [-0.1, -0.05) is 19.8 Å². The Bertz CT molecular complexity index is 403. The number of unbranched alkanes of at least 4 members (excludes halogenated alkanes) is 1. The summed E-state index contributed by atoms with van der Waals surface area (Å²) in [6, 6.07) is 5.16. The minimum absolute atomic E-state index is 0.340. The molecule has 0 unspecified atom stereocenters. The highest BCUT2D eigenvalue weighted by Crippen LogP contribution is 2.28. The lowest BCUT2D eigenvalue weighted by molar-refractivity contribution is 0.0756. The van der Waals surface area contributed by atoms with Crippen molar-refractivity contribution in [1.82, 2.24) is 4.98 Å². The van der Waals surface area contributed by atoms with Gasteiger partial charge in [-0.3, -0.25) is 4.98 Å². The summed E-state index contributed by atoms with van der Waals surface area (Å²) >= 11 is 0. The van der Waals surface area contributed by atoms with Crippen LogP contribution in [0, 0.1) is 0 Å². The average Bonchev–Trinajstić information content (AvgIpc) is 2.48. The maximum Gasteiger partial charge on any atom is 0.187 e. The van der Waals surface area contributed by atoms with Gasteiger partial charge >= 0.3 is 0 Å². The number of nitrogens with zero attached hydrogens (tertiary/aromatic N) is 1. The SMILES string of the molecule is CCCC[Si](C)(C)OC1CCC(Oc2ccncc2)CC1. The monoisotopic (exact) mass is 307 g/mol. The van der Waals surface area contributed by atoms with Crippen molar-refractivity contribution < 1.29 is 9.16 Å². The fourth-order valence-electron chi connectivity index (χ4n) is 2.99. The largest absolute Gasteiger partial charge is 0.490 e. The lowest BCUT2D eigenvalue weighted by Gasteiger charge is -2.34. The molecule has 0 amide bonds. The Morgan fingerprint density at radius 2 is 1.71 bits per heavy atom. The first-order chi connectivity index (χ1) is 10.1. The van der Waals surface area contributed by atoms with E-state index in [9.17, 15) is 0 Å². The first kappa shape index (κ1) is 16.5. The summed E-state index contributed by atoms with van der Waals surface area (Å²) in [6.45, 7) is 6.98. The molecule has 0 bridgehead atoms. The Kier molecular flexibility index (Phi) is 6.24. The molecule has 1 fully saturated rings. The van der Waals surface area contributed by atoms with Crippen LogP contribution in [0.25, 0.3) is 0 Å². The van der Waals surface area contributed by atoms with Crippen molar-refractivity contribution in [3.05, 3.63) is 24.5 Å². The number of rotatable bonds is 7. The molecule has 1 aliphatic rings. The number of ether oxygens (including phenoxy) is 1. The molecule has 4 heteroatoms. The van der Waals surface area contributed by atoms with Crippen molar-refractivity contribution in [1.29, 1.82) is 0 Å². The third-order valence-electron chi connectivity index (χ3n) is 4.19. The van der Waals surface area contributed by atoms with Crippen LogP contribution in [0.1, 0.15) is 45.4 Å². The fourth-order valence-corrected chi connectivity index (χ4v) is 5.45. The van der Waals surface area contributed by atoms with E-state index in [0.29, 0.717) is 12.2 Å². The molecule has 118 valence electrons. The predicted octanol–water partition coefficient (Wildman–Crippen LogP) is 4.79. The maximum atomic E-state index is 6.45. The molecule has 3 nitrogen and oxygen atoms in total. The van der Waals surface area contributed by atoms with Crippen LogP contribution in [0.5, 0.6) is 5.75 Å². The molecule has 0 spiro atoms. The molecule has 0 radical (unpaired) electrons. The smallest absolute Gasteiger partial charge is 0.187 e. The molecule has 1 aromatic rings. The van der Waals surface area contributed by atoms with Gasteiger partial charge in [-0.15, -0.1) is 0 Å². The van der Waals surface area contributed by atoms with Gasteiger partial charge in [0.05, 0.1) is 6.10 Å². The van der Waals surface area contributed by atoms with E-state index < -0.39 is 8.32 Å². The minimum atomic E-state index is -1.46. The van der Waals surface area contributed by atoms with E-state index in [1.807, 2.05) is 12.1 Å². The van der Waals surface area contributed by atoms with Crippen LogP contribution in [0.2, 0.25) is 19.1 Å². The molecule has 1 aliphatic carbocycles. The third-order valence-corrected chi connectivity index (χ3v) is 6.72.